The van der Waals surface area contributed by atoms with Crippen molar-refractivity contribution in [3.05, 3.63) is 90.7 Å². The van der Waals surface area contributed by atoms with E-state index in [1.165, 1.54) is 12.0 Å². The Bertz CT molecular complexity index is 1440. The van der Waals surface area contributed by atoms with E-state index in [2.05, 4.69) is 37.2 Å². The second kappa shape index (κ2) is 12.2. The summed E-state index contributed by atoms with van der Waals surface area (Å²) >= 11 is 7.75. The average Bonchev–Trinajstić information content (AvgIpc) is 3.14. The molecule has 196 valence electrons. The molecule has 1 fully saturated rings. The Morgan fingerprint density at radius 3 is 2.42 bits per heavy atom. The monoisotopic (exact) mass is 658 g/mol. The maximum Gasteiger partial charge on any atom is 0.293 e. The molecule has 0 aliphatic carbocycles. The molecule has 7 nitrogen and oxygen atoms in total. The number of halogens is 2. The van der Waals surface area contributed by atoms with Crippen molar-refractivity contribution >= 4 is 72.4 Å². The smallest absolute Gasteiger partial charge is 0.293 e. The first-order valence-electron chi connectivity index (χ1n) is 11.5. The van der Waals surface area contributed by atoms with E-state index in [0.29, 0.717) is 27.7 Å². The molecule has 1 saturated heterocycles. The molecule has 38 heavy (non-hydrogen) atoms. The Morgan fingerprint density at radius 2 is 1.71 bits per heavy atom. The lowest BCUT2D eigenvalue weighted by Gasteiger charge is -2.13. The van der Waals surface area contributed by atoms with Gasteiger partial charge in [0.25, 0.3) is 17.1 Å². The van der Waals surface area contributed by atoms with Crippen molar-refractivity contribution < 1.29 is 23.9 Å². The van der Waals surface area contributed by atoms with Crippen LogP contribution >= 0.6 is 43.6 Å². The predicted octanol–water partition coefficient (Wildman–Crippen LogP) is 7.09. The number of hydrogen-bond acceptors (Lipinski definition) is 6. The van der Waals surface area contributed by atoms with Gasteiger partial charge < -0.3 is 14.8 Å². The third kappa shape index (κ3) is 6.67. The lowest BCUT2D eigenvalue weighted by Crippen LogP contribution is -2.27. The highest BCUT2D eigenvalue weighted by Gasteiger charge is 2.35. The Morgan fingerprint density at radius 1 is 1.00 bits per heavy atom. The maximum absolute atomic E-state index is 12.9. The zero-order valence-electron chi connectivity index (χ0n) is 20.8. The minimum atomic E-state index is -0.351. The molecule has 1 heterocycles. The highest BCUT2D eigenvalue weighted by atomic mass is 79.9. The number of amides is 3. The maximum atomic E-state index is 12.9. The fourth-order valence-corrected chi connectivity index (χ4v) is 5.32. The fourth-order valence-electron chi connectivity index (χ4n) is 3.66. The Hall–Kier alpha value is -3.08. The standard InChI is InChI=1S/C28H24Br2N2O5S/c1-16-10-21(30)22(11-17(16)2)31-26(33)15-37-23-9-6-19(12-24(23)36-3)13-25-27(34)32(28(35)38-25)14-18-4-7-20(29)8-5-18/h4-13H,14-15H2,1-3H3,(H,31,33)/b25-13-. The van der Waals surface area contributed by atoms with E-state index in [4.69, 9.17) is 9.47 Å². The number of benzene rings is 3. The van der Waals surface area contributed by atoms with E-state index in [1.807, 2.05) is 50.2 Å². The van der Waals surface area contributed by atoms with Crippen molar-refractivity contribution in [3.8, 4) is 11.5 Å². The van der Waals surface area contributed by atoms with Crippen molar-refractivity contribution in [3.63, 3.8) is 0 Å². The zero-order valence-corrected chi connectivity index (χ0v) is 24.8. The lowest BCUT2D eigenvalue weighted by molar-refractivity contribution is -0.123. The zero-order chi connectivity index (χ0) is 27.4. The Balaban J connectivity index is 1.42. The van der Waals surface area contributed by atoms with Crippen molar-refractivity contribution in [2.24, 2.45) is 0 Å². The number of thioether (sulfide) groups is 1. The van der Waals surface area contributed by atoms with Crippen LogP contribution in [0.3, 0.4) is 0 Å². The van der Waals surface area contributed by atoms with Crippen LogP contribution in [-0.2, 0) is 16.1 Å². The summed E-state index contributed by atoms with van der Waals surface area (Å²) in [5.74, 6) is 0.103. The van der Waals surface area contributed by atoms with Gasteiger partial charge in [0.05, 0.1) is 24.2 Å². The van der Waals surface area contributed by atoms with E-state index in [9.17, 15) is 14.4 Å². The third-order valence-electron chi connectivity index (χ3n) is 5.83. The van der Waals surface area contributed by atoms with E-state index in [1.54, 1.807) is 24.3 Å². The molecule has 10 heteroatoms. The molecule has 1 aliphatic heterocycles. The minimum absolute atomic E-state index is 0.201. The summed E-state index contributed by atoms with van der Waals surface area (Å²) in [4.78, 5) is 39.4. The molecule has 0 spiro atoms. The second-order valence-corrected chi connectivity index (χ2v) is 11.3. The number of aryl methyl sites for hydroxylation is 2. The number of imide groups is 1. The number of rotatable bonds is 8. The van der Waals surface area contributed by atoms with Gasteiger partial charge in [0, 0.05) is 8.95 Å². The summed E-state index contributed by atoms with van der Waals surface area (Å²) in [6.45, 7) is 3.96. The molecule has 1 aliphatic rings. The van der Waals surface area contributed by atoms with Crippen LogP contribution in [0.15, 0.2) is 68.4 Å². The number of carbonyl (C=O) groups is 3. The van der Waals surface area contributed by atoms with Crippen LogP contribution in [0.2, 0.25) is 0 Å². The van der Waals surface area contributed by atoms with Crippen LogP contribution in [0.4, 0.5) is 10.5 Å². The van der Waals surface area contributed by atoms with Gasteiger partial charge in [-0.15, -0.1) is 0 Å². The summed E-state index contributed by atoms with van der Waals surface area (Å²) in [5.41, 5.74) is 4.36. The molecule has 4 rings (SSSR count). The molecule has 0 radical (unpaired) electrons. The Kier molecular flexibility index (Phi) is 8.96. The van der Waals surface area contributed by atoms with Crippen LogP contribution in [0, 0.1) is 13.8 Å². The van der Waals surface area contributed by atoms with E-state index >= 15 is 0 Å². The number of methoxy groups -OCH3 is 1. The first kappa shape index (κ1) is 27.9. The van der Waals surface area contributed by atoms with Crippen LogP contribution in [0.5, 0.6) is 11.5 Å². The molecule has 1 N–H and O–H groups in total. The highest BCUT2D eigenvalue weighted by molar-refractivity contribution is 9.10. The fraction of sp³-hybridized carbons (Fsp3) is 0.179. The second-order valence-electron chi connectivity index (χ2n) is 8.56. The van der Waals surface area contributed by atoms with Gasteiger partial charge in [-0.25, -0.2) is 0 Å². The number of anilines is 1. The number of nitrogens with zero attached hydrogens (tertiary/aromatic N) is 1. The number of carbonyl (C=O) groups excluding carboxylic acids is 3. The summed E-state index contributed by atoms with van der Waals surface area (Å²) in [5, 5.41) is 2.52. The highest BCUT2D eigenvalue weighted by Crippen LogP contribution is 2.35. The summed E-state index contributed by atoms with van der Waals surface area (Å²) in [6.07, 6.45) is 1.64. The largest absolute Gasteiger partial charge is 0.493 e. The van der Waals surface area contributed by atoms with E-state index in [-0.39, 0.29) is 30.2 Å². The quantitative estimate of drug-likeness (QED) is 0.260. The summed E-state index contributed by atoms with van der Waals surface area (Å²) in [7, 11) is 1.49. The number of hydrogen-bond donors (Lipinski definition) is 1. The van der Waals surface area contributed by atoms with Gasteiger partial charge in [-0.05, 0) is 106 Å². The van der Waals surface area contributed by atoms with Crippen molar-refractivity contribution in [2.45, 2.75) is 20.4 Å². The lowest BCUT2D eigenvalue weighted by atomic mass is 10.1. The van der Waals surface area contributed by atoms with Gasteiger partial charge >= 0.3 is 0 Å². The topological polar surface area (TPSA) is 84.9 Å². The van der Waals surface area contributed by atoms with Crippen LogP contribution in [0.25, 0.3) is 6.08 Å². The molecule has 0 atom stereocenters. The van der Waals surface area contributed by atoms with Gasteiger partial charge in [0.1, 0.15) is 0 Å². The molecule has 0 unspecified atom stereocenters. The molecule has 3 aromatic carbocycles. The molecule has 0 bridgehead atoms. The van der Waals surface area contributed by atoms with E-state index < -0.39 is 0 Å². The predicted molar refractivity (Wildman–Crippen MR) is 156 cm³/mol. The average molecular weight is 660 g/mol. The first-order chi connectivity index (χ1) is 18.1. The van der Waals surface area contributed by atoms with Gasteiger partial charge in [-0.3, -0.25) is 19.3 Å². The summed E-state index contributed by atoms with van der Waals surface area (Å²) in [6, 6.07) is 16.4. The Labute approximate surface area is 241 Å². The summed E-state index contributed by atoms with van der Waals surface area (Å²) < 4.78 is 12.9. The van der Waals surface area contributed by atoms with Crippen molar-refractivity contribution in [2.75, 3.05) is 19.0 Å². The van der Waals surface area contributed by atoms with Crippen molar-refractivity contribution in [1.82, 2.24) is 4.90 Å². The first-order valence-corrected chi connectivity index (χ1v) is 13.9. The van der Waals surface area contributed by atoms with Gasteiger partial charge in [0.15, 0.2) is 18.1 Å². The number of nitrogens with one attached hydrogen (secondary N) is 1. The normalized spacial score (nSPS) is 14.2. The van der Waals surface area contributed by atoms with Gasteiger partial charge in [-0.1, -0.05) is 34.1 Å². The number of ether oxygens (including phenoxy) is 2. The van der Waals surface area contributed by atoms with Gasteiger partial charge in [0.2, 0.25) is 0 Å². The molecule has 0 saturated carbocycles. The molecule has 3 aromatic rings. The van der Waals surface area contributed by atoms with Crippen LogP contribution in [0.1, 0.15) is 22.3 Å². The SMILES string of the molecule is COc1cc(/C=C2\SC(=O)N(Cc3ccc(Br)cc3)C2=O)ccc1OCC(=O)Nc1cc(C)c(C)cc1Br. The molecule has 3 amide bonds. The van der Waals surface area contributed by atoms with Crippen molar-refractivity contribution in [1.29, 1.82) is 0 Å². The minimum Gasteiger partial charge on any atom is -0.493 e. The molecule has 0 aromatic heterocycles. The van der Waals surface area contributed by atoms with Crippen LogP contribution in [-0.4, -0.2) is 35.7 Å². The van der Waals surface area contributed by atoms with Crippen LogP contribution < -0.4 is 14.8 Å². The van der Waals surface area contributed by atoms with E-state index in [0.717, 1.165) is 37.4 Å². The molecular formula is C28H24Br2N2O5S. The van der Waals surface area contributed by atoms with Gasteiger partial charge in [-0.2, -0.15) is 0 Å². The third-order valence-corrected chi connectivity index (χ3v) is 7.92. The molecular weight excluding hydrogens is 636 g/mol.